The van der Waals surface area contributed by atoms with Gasteiger partial charge in [0.25, 0.3) is 0 Å². The van der Waals surface area contributed by atoms with E-state index in [-0.39, 0.29) is 17.3 Å². The van der Waals surface area contributed by atoms with Crippen molar-refractivity contribution in [1.29, 1.82) is 0 Å². The van der Waals surface area contributed by atoms with Crippen LogP contribution in [0.1, 0.15) is 40.0 Å². The molecule has 0 bridgehead atoms. The van der Waals surface area contributed by atoms with Crippen molar-refractivity contribution in [3.05, 3.63) is 0 Å². The summed E-state index contributed by atoms with van der Waals surface area (Å²) in [6.07, 6.45) is 2.17. The largest absolute Gasteiger partial charge is 0.480 e. The Hall–Kier alpha value is -0.750. The molecular formula is C13H24N2O3S. The number of carbonyl (C=O) groups excluding carboxylic acids is 1. The van der Waals surface area contributed by atoms with Crippen LogP contribution < -0.4 is 5.32 Å². The maximum atomic E-state index is 12.3. The molecule has 1 rings (SSSR count). The lowest BCUT2D eigenvalue weighted by Crippen LogP contribution is -2.47. The summed E-state index contributed by atoms with van der Waals surface area (Å²) in [4.78, 5) is 25.2. The Kier molecular flexibility index (Phi) is 6.65. The monoisotopic (exact) mass is 288 g/mol. The number of aliphatic carboxylic acids is 1. The van der Waals surface area contributed by atoms with E-state index in [1.165, 1.54) is 0 Å². The molecule has 1 fully saturated rings. The number of nitrogens with zero attached hydrogens (tertiary/aromatic N) is 1. The van der Waals surface area contributed by atoms with Crippen LogP contribution in [0.25, 0.3) is 0 Å². The highest BCUT2D eigenvalue weighted by molar-refractivity contribution is 8.00. The van der Waals surface area contributed by atoms with Crippen LogP contribution >= 0.6 is 11.8 Å². The lowest BCUT2D eigenvalue weighted by Gasteiger charge is -2.28. The lowest BCUT2D eigenvalue weighted by atomic mass is 10.1. The highest BCUT2D eigenvalue weighted by atomic mass is 32.2. The molecule has 0 radical (unpaired) electrons. The van der Waals surface area contributed by atoms with E-state index in [0.29, 0.717) is 12.2 Å². The molecule has 3 unspecified atom stereocenters. The third kappa shape index (κ3) is 4.38. The highest BCUT2D eigenvalue weighted by Gasteiger charge is 2.40. The molecule has 1 heterocycles. The Bertz CT molecular complexity index is 325. The normalized spacial score (nSPS) is 24.5. The van der Waals surface area contributed by atoms with Crippen molar-refractivity contribution >= 4 is 23.6 Å². The molecule has 2 N–H and O–H groups in total. The zero-order valence-corrected chi connectivity index (χ0v) is 12.7. The molecular weight excluding hydrogens is 264 g/mol. The van der Waals surface area contributed by atoms with Crippen LogP contribution in [0.4, 0.5) is 0 Å². The topological polar surface area (TPSA) is 69.6 Å². The quantitative estimate of drug-likeness (QED) is 0.743. The summed E-state index contributed by atoms with van der Waals surface area (Å²) >= 11 is 1.58. The maximum absolute atomic E-state index is 12.3. The number of rotatable bonds is 7. The van der Waals surface area contributed by atoms with Crippen molar-refractivity contribution in [2.75, 3.05) is 12.3 Å². The minimum atomic E-state index is -0.893. The van der Waals surface area contributed by atoms with Gasteiger partial charge < -0.3 is 15.3 Å². The van der Waals surface area contributed by atoms with Gasteiger partial charge in [0.05, 0.1) is 5.37 Å². The zero-order chi connectivity index (χ0) is 14.4. The molecule has 1 aliphatic rings. The van der Waals surface area contributed by atoms with Crippen molar-refractivity contribution in [3.8, 4) is 0 Å². The van der Waals surface area contributed by atoms with Gasteiger partial charge in [-0.3, -0.25) is 4.79 Å². The second-order valence-electron chi connectivity index (χ2n) is 4.89. The third-order valence-corrected chi connectivity index (χ3v) is 4.59. The molecule has 0 aromatic carbocycles. The van der Waals surface area contributed by atoms with E-state index in [1.807, 2.05) is 13.8 Å². The van der Waals surface area contributed by atoms with Gasteiger partial charge in [-0.1, -0.05) is 20.3 Å². The Balaban J connectivity index is 2.71. The Morgan fingerprint density at radius 3 is 2.68 bits per heavy atom. The molecule has 0 aromatic heterocycles. The third-order valence-electron chi connectivity index (χ3n) is 3.23. The first-order chi connectivity index (χ1) is 9.01. The van der Waals surface area contributed by atoms with Crippen molar-refractivity contribution in [3.63, 3.8) is 0 Å². The number of hydrogen-bond donors (Lipinski definition) is 2. The predicted molar refractivity (Wildman–Crippen MR) is 77.2 cm³/mol. The number of carbonyl (C=O) groups is 2. The maximum Gasteiger partial charge on any atom is 0.327 e. The van der Waals surface area contributed by atoms with Gasteiger partial charge in [-0.15, -0.1) is 11.8 Å². The van der Waals surface area contributed by atoms with E-state index >= 15 is 0 Å². The number of nitrogens with one attached hydrogen (secondary N) is 1. The SMILES string of the molecule is CCCC1SCC(C(=O)O)N1C(=O)CC(C)NCC. The highest BCUT2D eigenvalue weighted by Crippen LogP contribution is 2.32. The molecule has 1 amide bonds. The molecule has 0 spiro atoms. The van der Waals surface area contributed by atoms with Gasteiger partial charge in [0.2, 0.25) is 5.91 Å². The van der Waals surface area contributed by atoms with Crippen LogP contribution in [0.3, 0.4) is 0 Å². The van der Waals surface area contributed by atoms with E-state index in [1.54, 1.807) is 16.7 Å². The number of hydrogen-bond acceptors (Lipinski definition) is 4. The van der Waals surface area contributed by atoms with E-state index < -0.39 is 12.0 Å². The summed E-state index contributed by atoms with van der Waals surface area (Å²) in [5.41, 5.74) is 0. The number of carboxylic acids is 1. The number of carboxylic acid groups (broad SMARTS) is 1. The molecule has 3 atom stereocenters. The van der Waals surface area contributed by atoms with Crippen LogP contribution in [-0.4, -0.2) is 51.6 Å². The van der Waals surface area contributed by atoms with Gasteiger partial charge in [-0.2, -0.15) is 0 Å². The van der Waals surface area contributed by atoms with Gasteiger partial charge >= 0.3 is 5.97 Å². The van der Waals surface area contributed by atoms with E-state index in [2.05, 4.69) is 12.2 Å². The van der Waals surface area contributed by atoms with E-state index in [4.69, 9.17) is 0 Å². The molecule has 5 nitrogen and oxygen atoms in total. The van der Waals surface area contributed by atoms with Gasteiger partial charge in [0, 0.05) is 18.2 Å². The zero-order valence-electron chi connectivity index (χ0n) is 11.9. The Labute approximate surface area is 119 Å². The molecule has 6 heteroatoms. The molecule has 110 valence electrons. The fraction of sp³-hybridized carbons (Fsp3) is 0.846. The summed E-state index contributed by atoms with van der Waals surface area (Å²) in [6.45, 7) is 6.81. The molecule has 0 saturated carbocycles. The summed E-state index contributed by atoms with van der Waals surface area (Å²) in [5.74, 6) is -0.443. The van der Waals surface area contributed by atoms with Crippen molar-refractivity contribution < 1.29 is 14.7 Å². The molecule has 0 aromatic rings. The second-order valence-corrected chi connectivity index (χ2v) is 6.11. The summed E-state index contributed by atoms with van der Waals surface area (Å²) in [6, 6.07) is -0.581. The van der Waals surface area contributed by atoms with E-state index in [9.17, 15) is 14.7 Å². The van der Waals surface area contributed by atoms with Gasteiger partial charge in [-0.25, -0.2) is 4.79 Å². The van der Waals surface area contributed by atoms with Crippen molar-refractivity contribution in [2.45, 2.75) is 57.5 Å². The summed E-state index contributed by atoms with van der Waals surface area (Å²) in [7, 11) is 0. The fourth-order valence-electron chi connectivity index (χ4n) is 2.35. The molecule has 0 aliphatic carbocycles. The molecule has 1 aliphatic heterocycles. The second kappa shape index (κ2) is 7.75. The first-order valence-corrected chi connectivity index (χ1v) is 7.95. The van der Waals surface area contributed by atoms with Gasteiger partial charge in [0.1, 0.15) is 6.04 Å². The number of thioether (sulfide) groups is 1. The van der Waals surface area contributed by atoms with Crippen LogP contribution in [0.2, 0.25) is 0 Å². The van der Waals surface area contributed by atoms with Crippen molar-refractivity contribution in [2.24, 2.45) is 0 Å². The van der Waals surface area contributed by atoms with Crippen LogP contribution in [0.15, 0.2) is 0 Å². The van der Waals surface area contributed by atoms with Crippen molar-refractivity contribution in [1.82, 2.24) is 10.2 Å². The Morgan fingerprint density at radius 2 is 2.16 bits per heavy atom. The minimum Gasteiger partial charge on any atom is -0.480 e. The molecule has 19 heavy (non-hydrogen) atoms. The average molecular weight is 288 g/mol. The first-order valence-electron chi connectivity index (χ1n) is 6.90. The lowest BCUT2D eigenvalue weighted by molar-refractivity contribution is -0.149. The van der Waals surface area contributed by atoms with Gasteiger partial charge in [-0.05, 0) is 19.9 Å². The standard InChI is InChI=1S/C13H24N2O3S/c1-4-6-12-15(10(8-19-12)13(17)18)11(16)7-9(3)14-5-2/h9-10,12,14H,4-8H2,1-3H3,(H,17,18). The van der Waals surface area contributed by atoms with Crippen LogP contribution in [0, 0.1) is 0 Å². The Morgan fingerprint density at radius 1 is 1.47 bits per heavy atom. The number of amides is 1. The first kappa shape index (κ1) is 16.3. The summed E-state index contributed by atoms with van der Waals surface area (Å²) < 4.78 is 0. The summed E-state index contributed by atoms with van der Waals surface area (Å²) in [5, 5.41) is 12.4. The predicted octanol–water partition coefficient (Wildman–Crippen LogP) is 1.53. The van der Waals surface area contributed by atoms with E-state index in [0.717, 1.165) is 19.4 Å². The average Bonchev–Trinajstić information content (AvgIpc) is 2.73. The van der Waals surface area contributed by atoms with Crippen LogP contribution in [-0.2, 0) is 9.59 Å². The van der Waals surface area contributed by atoms with Crippen LogP contribution in [0.5, 0.6) is 0 Å². The smallest absolute Gasteiger partial charge is 0.327 e. The minimum absolute atomic E-state index is 0.0208. The van der Waals surface area contributed by atoms with Gasteiger partial charge in [0.15, 0.2) is 0 Å². The molecule has 1 saturated heterocycles. The fourth-order valence-corrected chi connectivity index (χ4v) is 3.88.